The Morgan fingerprint density at radius 1 is 1.03 bits per heavy atom. The van der Waals surface area contributed by atoms with E-state index in [1.165, 1.54) is 0 Å². The highest BCUT2D eigenvalue weighted by molar-refractivity contribution is 5.95. The molecule has 2 heterocycles. The van der Waals surface area contributed by atoms with Crippen molar-refractivity contribution in [2.24, 2.45) is 0 Å². The number of aliphatic carboxylic acids is 1. The van der Waals surface area contributed by atoms with Crippen LogP contribution >= 0.6 is 0 Å². The van der Waals surface area contributed by atoms with Gasteiger partial charge in [0.1, 0.15) is 23.9 Å². The molecule has 0 atom stereocenters. The molecule has 0 aliphatic carbocycles. The summed E-state index contributed by atoms with van der Waals surface area (Å²) in [6.07, 6.45) is 1.62. The fraction of sp³-hybridized carbons (Fsp3) is 0.179. The van der Waals surface area contributed by atoms with Crippen LogP contribution in [0.15, 0.2) is 72.9 Å². The van der Waals surface area contributed by atoms with E-state index in [2.05, 4.69) is 49.2 Å². The Balaban J connectivity index is 1.54. The van der Waals surface area contributed by atoms with Crippen LogP contribution in [0.2, 0.25) is 0 Å². The summed E-state index contributed by atoms with van der Waals surface area (Å²) in [5, 5.41) is 17.0. The number of ether oxygens (including phenoxy) is 1. The Morgan fingerprint density at radius 2 is 1.77 bits per heavy atom. The van der Waals surface area contributed by atoms with E-state index >= 15 is 0 Å². The highest BCUT2D eigenvalue weighted by Crippen LogP contribution is 2.32. The summed E-state index contributed by atoms with van der Waals surface area (Å²) in [5.41, 5.74) is 10.6. The minimum absolute atomic E-state index is 0.0958. The summed E-state index contributed by atoms with van der Waals surface area (Å²) in [4.78, 5) is 15.5. The molecule has 0 saturated carbocycles. The molecule has 0 fully saturated rings. The maximum absolute atomic E-state index is 11.2. The Morgan fingerprint density at radius 3 is 2.54 bits per heavy atom. The molecule has 7 nitrogen and oxygen atoms in total. The van der Waals surface area contributed by atoms with E-state index in [0.29, 0.717) is 17.1 Å². The molecule has 3 aromatic carbocycles. The van der Waals surface area contributed by atoms with Gasteiger partial charge in [0, 0.05) is 28.6 Å². The first-order valence-corrected chi connectivity index (χ1v) is 11.5. The molecule has 2 aromatic heterocycles. The highest BCUT2D eigenvalue weighted by Gasteiger charge is 2.16. The number of hydrogen-bond acceptors (Lipinski definition) is 5. The molecule has 0 aliphatic rings. The summed E-state index contributed by atoms with van der Waals surface area (Å²) < 4.78 is 8.07. The molecule has 35 heavy (non-hydrogen) atoms. The van der Waals surface area contributed by atoms with Crippen LogP contribution in [0, 0.1) is 0 Å². The molecule has 0 amide bonds. The second kappa shape index (κ2) is 9.10. The van der Waals surface area contributed by atoms with E-state index in [-0.39, 0.29) is 19.1 Å². The first-order valence-electron chi connectivity index (χ1n) is 11.5. The number of carbonyl (C=O) groups is 1. The van der Waals surface area contributed by atoms with Crippen molar-refractivity contribution < 1.29 is 14.6 Å². The number of hydrogen-bond donors (Lipinski definition) is 2. The summed E-state index contributed by atoms with van der Waals surface area (Å²) in [7, 11) is 0. The predicted molar refractivity (Wildman–Crippen MR) is 137 cm³/mol. The molecule has 0 saturated heterocycles. The molecular formula is C28H26N4O3. The topological polar surface area (TPSA) is 103 Å². The fourth-order valence-electron chi connectivity index (χ4n) is 4.35. The van der Waals surface area contributed by atoms with E-state index in [1.807, 2.05) is 28.9 Å². The molecule has 7 heteroatoms. The monoisotopic (exact) mass is 466 g/mol. The summed E-state index contributed by atoms with van der Waals surface area (Å²) in [6.45, 7) is 4.41. The third kappa shape index (κ3) is 4.40. The Hall–Kier alpha value is -4.39. The summed E-state index contributed by atoms with van der Waals surface area (Å²) >= 11 is 0. The van der Waals surface area contributed by atoms with Gasteiger partial charge < -0.3 is 15.6 Å². The quantitative estimate of drug-likeness (QED) is 0.323. The largest absolute Gasteiger partial charge is 0.487 e. The van der Waals surface area contributed by atoms with Crippen LogP contribution in [0.1, 0.15) is 31.1 Å². The maximum atomic E-state index is 11.2. The van der Waals surface area contributed by atoms with Crippen molar-refractivity contribution in [2.45, 2.75) is 32.9 Å². The first-order chi connectivity index (χ1) is 16.9. The van der Waals surface area contributed by atoms with Gasteiger partial charge in [0.05, 0.1) is 11.9 Å². The van der Waals surface area contributed by atoms with Crippen molar-refractivity contribution in [3.63, 3.8) is 0 Å². The lowest BCUT2D eigenvalue weighted by molar-refractivity contribution is -0.136. The maximum Gasteiger partial charge on any atom is 0.307 e. The zero-order valence-electron chi connectivity index (χ0n) is 19.6. The smallest absolute Gasteiger partial charge is 0.307 e. The first kappa shape index (κ1) is 22.4. The van der Waals surface area contributed by atoms with Gasteiger partial charge in [-0.2, -0.15) is 5.10 Å². The van der Waals surface area contributed by atoms with Crippen molar-refractivity contribution in [2.75, 3.05) is 5.73 Å². The van der Waals surface area contributed by atoms with E-state index < -0.39 is 5.97 Å². The van der Waals surface area contributed by atoms with E-state index in [9.17, 15) is 9.90 Å². The lowest BCUT2D eigenvalue weighted by Crippen LogP contribution is -2.06. The van der Waals surface area contributed by atoms with E-state index in [1.54, 1.807) is 18.3 Å². The van der Waals surface area contributed by atoms with Crippen molar-refractivity contribution in [1.82, 2.24) is 14.8 Å². The number of aromatic nitrogens is 3. The fourth-order valence-corrected chi connectivity index (χ4v) is 4.35. The minimum Gasteiger partial charge on any atom is -0.487 e. The van der Waals surface area contributed by atoms with Gasteiger partial charge in [-0.05, 0) is 60.7 Å². The van der Waals surface area contributed by atoms with Crippen LogP contribution < -0.4 is 10.5 Å². The van der Waals surface area contributed by atoms with Gasteiger partial charge in [0.15, 0.2) is 0 Å². The van der Waals surface area contributed by atoms with Gasteiger partial charge in [-0.15, -0.1) is 0 Å². The average Bonchev–Trinajstić information content (AvgIpc) is 3.21. The highest BCUT2D eigenvalue weighted by atomic mass is 16.5. The zero-order valence-corrected chi connectivity index (χ0v) is 19.6. The van der Waals surface area contributed by atoms with Gasteiger partial charge in [0.25, 0.3) is 0 Å². The SMILES string of the molecule is CC(C)n1nc(COc2ccccc2CC(=O)O)c2cc(-c3ccc4ccnc(N)c4c3)ccc21. The lowest BCUT2D eigenvalue weighted by Gasteiger charge is -2.09. The van der Waals surface area contributed by atoms with Crippen LogP contribution in [-0.4, -0.2) is 25.8 Å². The van der Waals surface area contributed by atoms with Crippen molar-refractivity contribution in [1.29, 1.82) is 0 Å². The van der Waals surface area contributed by atoms with Gasteiger partial charge in [-0.25, -0.2) is 4.98 Å². The number of nitrogens with zero attached hydrogens (tertiary/aromatic N) is 3. The Kier molecular flexibility index (Phi) is 5.82. The molecule has 5 aromatic rings. The number of carboxylic acids is 1. The molecule has 0 unspecified atom stereocenters. The third-order valence-electron chi connectivity index (χ3n) is 6.08. The number of benzene rings is 3. The van der Waals surface area contributed by atoms with Crippen molar-refractivity contribution in [3.8, 4) is 16.9 Å². The molecule has 0 bridgehead atoms. The molecule has 0 radical (unpaired) electrons. The Labute approximate surface area is 202 Å². The lowest BCUT2D eigenvalue weighted by atomic mass is 10.00. The number of fused-ring (bicyclic) bond motifs is 2. The van der Waals surface area contributed by atoms with Crippen LogP contribution in [0.5, 0.6) is 5.75 Å². The standard InChI is InChI=1S/C28H26N4O3/c1-17(2)32-25-10-9-20(19-8-7-18-11-12-30-28(29)22(18)13-19)14-23(25)24(31-32)16-35-26-6-4-3-5-21(26)15-27(33)34/h3-14,17H,15-16H2,1-2H3,(H2,29,30)(H,33,34). The zero-order chi connectivity index (χ0) is 24.5. The van der Waals surface area contributed by atoms with Crippen molar-refractivity contribution >= 4 is 33.5 Å². The third-order valence-corrected chi connectivity index (χ3v) is 6.08. The molecule has 176 valence electrons. The number of carboxylic acid groups (broad SMARTS) is 1. The van der Waals surface area contributed by atoms with Gasteiger partial charge >= 0.3 is 5.97 Å². The van der Waals surface area contributed by atoms with Crippen LogP contribution in [0.4, 0.5) is 5.82 Å². The average molecular weight is 467 g/mol. The molecule has 0 spiro atoms. The number of pyridine rings is 1. The van der Waals surface area contributed by atoms with Crippen molar-refractivity contribution in [3.05, 3.63) is 84.2 Å². The van der Waals surface area contributed by atoms with Gasteiger partial charge in [-0.3, -0.25) is 9.48 Å². The predicted octanol–water partition coefficient (Wildman–Crippen LogP) is 5.62. The van der Waals surface area contributed by atoms with Crippen LogP contribution in [0.25, 0.3) is 32.8 Å². The second-order valence-corrected chi connectivity index (χ2v) is 8.82. The normalized spacial score (nSPS) is 11.4. The molecular weight excluding hydrogens is 440 g/mol. The van der Waals surface area contributed by atoms with Gasteiger partial charge in [-0.1, -0.05) is 36.4 Å². The van der Waals surface area contributed by atoms with E-state index in [0.717, 1.165) is 38.5 Å². The number of nitrogens with two attached hydrogens (primary N) is 1. The van der Waals surface area contributed by atoms with Gasteiger partial charge in [0.2, 0.25) is 0 Å². The number of nitrogen functional groups attached to an aromatic ring is 1. The molecule has 0 aliphatic heterocycles. The minimum atomic E-state index is -0.897. The van der Waals surface area contributed by atoms with E-state index in [4.69, 9.17) is 15.6 Å². The Bertz CT molecular complexity index is 1560. The number of anilines is 1. The second-order valence-electron chi connectivity index (χ2n) is 8.82. The summed E-state index contributed by atoms with van der Waals surface area (Å²) in [6, 6.07) is 21.8. The number of rotatable bonds is 7. The van der Waals surface area contributed by atoms with Crippen LogP contribution in [0.3, 0.4) is 0 Å². The number of para-hydroxylation sites is 1. The van der Waals surface area contributed by atoms with Crippen LogP contribution in [-0.2, 0) is 17.8 Å². The summed E-state index contributed by atoms with van der Waals surface area (Å²) in [5.74, 6) is 0.162. The molecule has 3 N–H and O–H groups in total. The molecule has 5 rings (SSSR count).